The van der Waals surface area contributed by atoms with E-state index in [0.717, 1.165) is 17.0 Å². The number of nitrogens with zero attached hydrogens (tertiary/aromatic N) is 2. The van der Waals surface area contributed by atoms with Crippen molar-refractivity contribution in [3.05, 3.63) is 54.4 Å². The van der Waals surface area contributed by atoms with Crippen LogP contribution in [0.25, 0.3) is 16.9 Å². The van der Waals surface area contributed by atoms with Crippen molar-refractivity contribution in [2.45, 2.75) is 33.3 Å². The van der Waals surface area contributed by atoms with Gasteiger partial charge in [-0.15, -0.1) is 0 Å². The first-order chi connectivity index (χ1) is 9.94. The summed E-state index contributed by atoms with van der Waals surface area (Å²) in [6, 6.07) is 12.4. The Labute approximate surface area is 125 Å². The zero-order chi connectivity index (χ0) is 15.0. The average molecular weight is 280 g/mol. The van der Waals surface area contributed by atoms with Crippen molar-refractivity contribution in [3.8, 4) is 17.0 Å². The number of hydrogen-bond donors (Lipinski definition) is 0. The van der Waals surface area contributed by atoms with Gasteiger partial charge in [-0.05, 0) is 69.2 Å². The largest absolute Gasteiger partial charge is 0.488 e. The lowest BCUT2D eigenvalue weighted by molar-refractivity contribution is 0.131. The van der Waals surface area contributed by atoms with E-state index < -0.39 is 0 Å². The van der Waals surface area contributed by atoms with Crippen molar-refractivity contribution >= 4 is 5.65 Å². The van der Waals surface area contributed by atoms with E-state index in [2.05, 4.69) is 55.3 Å². The van der Waals surface area contributed by atoms with Gasteiger partial charge in [0, 0.05) is 12.4 Å². The van der Waals surface area contributed by atoms with Crippen LogP contribution in [0.15, 0.2) is 48.8 Å². The minimum absolute atomic E-state index is 0.179. The van der Waals surface area contributed by atoms with Gasteiger partial charge in [0.25, 0.3) is 0 Å². The number of aryl methyl sites for hydroxylation is 1. The minimum Gasteiger partial charge on any atom is -0.488 e. The van der Waals surface area contributed by atoms with Gasteiger partial charge in [0.2, 0.25) is 0 Å². The second kappa shape index (κ2) is 4.92. The van der Waals surface area contributed by atoms with E-state index in [1.165, 1.54) is 11.3 Å². The van der Waals surface area contributed by atoms with Crippen molar-refractivity contribution in [2.75, 3.05) is 0 Å². The van der Waals surface area contributed by atoms with Gasteiger partial charge in [-0.1, -0.05) is 6.07 Å². The van der Waals surface area contributed by atoms with Crippen LogP contribution in [0.5, 0.6) is 5.75 Å². The maximum atomic E-state index is 5.88. The molecule has 0 atom stereocenters. The molecular weight excluding hydrogens is 260 g/mol. The summed E-state index contributed by atoms with van der Waals surface area (Å²) in [5.74, 6) is 0.890. The molecule has 1 aromatic carbocycles. The molecule has 3 heteroatoms. The predicted octanol–water partition coefficient (Wildman–Crippen LogP) is 4.49. The van der Waals surface area contributed by atoms with E-state index in [1.807, 2.05) is 30.6 Å². The Morgan fingerprint density at radius 2 is 1.71 bits per heavy atom. The number of pyridine rings is 1. The molecular formula is C18H20N2O. The Bertz CT molecular complexity index is 764. The van der Waals surface area contributed by atoms with E-state index >= 15 is 0 Å². The van der Waals surface area contributed by atoms with Crippen LogP contribution < -0.4 is 4.74 Å². The molecule has 0 saturated heterocycles. The molecule has 0 saturated carbocycles. The van der Waals surface area contributed by atoms with Crippen molar-refractivity contribution in [2.24, 2.45) is 0 Å². The normalized spacial score (nSPS) is 11.8. The fourth-order valence-electron chi connectivity index (χ4n) is 2.50. The van der Waals surface area contributed by atoms with Gasteiger partial charge < -0.3 is 4.74 Å². The molecule has 0 amide bonds. The first kappa shape index (κ1) is 13.7. The molecule has 0 spiro atoms. The lowest BCUT2D eigenvalue weighted by Gasteiger charge is -2.21. The third kappa shape index (κ3) is 2.77. The molecule has 0 radical (unpaired) electrons. The van der Waals surface area contributed by atoms with Gasteiger partial charge in [-0.25, -0.2) is 4.98 Å². The average Bonchev–Trinajstić information content (AvgIpc) is 2.86. The maximum Gasteiger partial charge on any atom is 0.137 e. The lowest BCUT2D eigenvalue weighted by Crippen LogP contribution is -2.22. The molecule has 3 aromatic rings. The molecule has 2 aromatic heterocycles. The standard InChI is InChI=1S/C18H20N2O/c1-13-5-10-16-19-11-12-20(16)17(13)14-6-8-15(9-7-14)21-18(2,3)4/h5-12H,1-4H3. The topological polar surface area (TPSA) is 26.5 Å². The third-order valence-electron chi connectivity index (χ3n) is 3.32. The Kier molecular flexibility index (Phi) is 3.20. The number of ether oxygens (including phenoxy) is 1. The second-order valence-electron chi connectivity index (χ2n) is 6.26. The van der Waals surface area contributed by atoms with Gasteiger partial charge in [0.15, 0.2) is 0 Å². The summed E-state index contributed by atoms with van der Waals surface area (Å²) in [6.07, 6.45) is 3.83. The Morgan fingerprint density at radius 3 is 2.38 bits per heavy atom. The van der Waals surface area contributed by atoms with Gasteiger partial charge in [0.1, 0.15) is 17.0 Å². The van der Waals surface area contributed by atoms with Crippen LogP contribution in [0.2, 0.25) is 0 Å². The highest BCUT2D eigenvalue weighted by Crippen LogP contribution is 2.27. The number of imidazole rings is 1. The molecule has 108 valence electrons. The minimum atomic E-state index is -0.179. The highest BCUT2D eigenvalue weighted by atomic mass is 16.5. The third-order valence-corrected chi connectivity index (χ3v) is 3.32. The summed E-state index contributed by atoms with van der Waals surface area (Å²) in [7, 11) is 0. The zero-order valence-corrected chi connectivity index (χ0v) is 12.9. The molecule has 0 aliphatic heterocycles. The first-order valence-electron chi connectivity index (χ1n) is 7.16. The van der Waals surface area contributed by atoms with E-state index in [0.29, 0.717) is 0 Å². The smallest absolute Gasteiger partial charge is 0.137 e. The van der Waals surface area contributed by atoms with E-state index in [1.54, 1.807) is 0 Å². The molecule has 0 bridgehead atoms. The van der Waals surface area contributed by atoms with Crippen molar-refractivity contribution in [1.29, 1.82) is 0 Å². The molecule has 0 aliphatic rings. The summed E-state index contributed by atoms with van der Waals surface area (Å²) in [6.45, 7) is 8.28. The number of benzene rings is 1. The number of fused-ring (bicyclic) bond motifs is 1. The quantitative estimate of drug-likeness (QED) is 0.691. The van der Waals surface area contributed by atoms with Crippen LogP contribution in [0.3, 0.4) is 0 Å². The summed E-state index contributed by atoms with van der Waals surface area (Å²) in [4.78, 5) is 4.35. The van der Waals surface area contributed by atoms with E-state index in [-0.39, 0.29) is 5.60 Å². The highest BCUT2D eigenvalue weighted by molar-refractivity contribution is 5.67. The van der Waals surface area contributed by atoms with Gasteiger partial charge in [-0.3, -0.25) is 4.40 Å². The first-order valence-corrected chi connectivity index (χ1v) is 7.16. The van der Waals surface area contributed by atoms with Crippen LogP contribution >= 0.6 is 0 Å². The maximum absolute atomic E-state index is 5.88. The number of aromatic nitrogens is 2. The van der Waals surface area contributed by atoms with Crippen LogP contribution in [-0.4, -0.2) is 15.0 Å². The summed E-state index contributed by atoms with van der Waals surface area (Å²) < 4.78 is 8.00. The Hall–Kier alpha value is -2.29. The van der Waals surface area contributed by atoms with Crippen molar-refractivity contribution < 1.29 is 4.74 Å². The number of hydrogen-bond acceptors (Lipinski definition) is 2. The fraction of sp³-hybridized carbons (Fsp3) is 0.278. The van der Waals surface area contributed by atoms with Crippen molar-refractivity contribution in [3.63, 3.8) is 0 Å². The number of rotatable bonds is 2. The molecule has 0 fully saturated rings. The molecule has 0 aliphatic carbocycles. The molecule has 0 unspecified atom stereocenters. The predicted molar refractivity (Wildman–Crippen MR) is 85.7 cm³/mol. The van der Waals surface area contributed by atoms with E-state index in [9.17, 15) is 0 Å². The Morgan fingerprint density at radius 1 is 1.00 bits per heavy atom. The summed E-state index contributed by atoms with van der Waals surface area (Å²) >= 11 is 0. The van der Waals surface area contributed by atoms with Crippen molar-refractivity contribution in [1.82, 2.24) is 9.38 Å². The van der Waals surface area contributed by atoms with Gasteiger partial charge >= 0.3 is 0 Å². The zero-order valence-electron chi connectivity index (χ0n) is 12.9. The van der Waals surface area contributed by atoms with Crippen LogP contribution in [0, 0.1) is 6.92 Å². The molecule has 3 rings (SSSR count). The fourth-order valence-corrected chi connectivity index (χ4v) is 2.50. The van der Waals surface area contributed by atoms with Crippen LogP contribution in [-0.2, 0) is 0 Å². The van der Waals surface area contributed by atoms with Gasteiger partial charge in [-0.2, -0.15) is 0 Å². The second-order valence-corrected chi connectivity index (χ2v) is 6.26. The van der Waals surface area contributed by atoms with Crippen LogP contribution in [0.4, 0.5) is 0 Å². The highest BCUT2D eigenvalue weighted by Gasteiger charge is 2.12. The molecule has 2 heterocycles. The Balaban J connectivity index is 2.03. The SMILES string of the molecule is Cc1ccc2nccn2c1-c1ccc(OC(C)(C)C)cc1. The summed E-state index contributed by atoms with van der Waals surface area (Å²) in [5.41, 5.74) is 4.35. The monoisotopic (exact) mass is 280 g/mol. The van der Waals surface area contributed by atoms with Gasteiger partial charge in [0.05, 0.1) is 5.69 Å². The summed E-state index contributed by atoms with van der Waals surface area (Å²) in [5, 5.41) is 0. The molecule has 3 nitrogen and oxygen atoms in total. The molecule has 0 N–H and O–H groups in total. The van der Waals surface area contributed by atoms with E-state index in [4.69, 9.17) is 4.74 Å². The molecule has 21 heavy (non-hydrogen) atoms. The lowest BCUT2D eigenvalue weighted by atomic mass is 10.1. The van der Waals surface area contributed by atoms with Crippen LogP contribution in [0.1, 0.15) is 26.3 Å².